The fourth-order valence-corrected chi connectivity index (χ4v) is 7.32. The maximum absolute atomic E-state index is 13.3. The van der Waals surface area contributed by atoms with Gasteiger partial charge in [0.1, 0.15) is 28.9 Å². The Morgan fingerprint density at radius 3 is 2.70 bits per heavy atom. The molecule has 1 aromatic carbocycles. The van der Waals surface area contributed by atoms with Crippen LogP contribution in [0.2, 0.25) is 0 Å². The van der Waals surface area contributed by atoms with Gasteiger partial charge in [0.25, 0.3) is 0 Å². The number of rotatable bonds is 10. The van der Waals surface area contributed by atoms with Crippen molar-refractivity contribution in [1.29, 1.82) is 0 Å². The van der Waals surface area contributed by atoms with Gasteiger partial charge >= 0.3 is 0 Å². The molecule has 40 heavy (non-hydrogen) atoms. The van der Waals surface area contributed by atoms with Crippen molar-refractivity contribution in [2.24, 2.45) is 7.05 Å². The van der Waals surface area contributed by atoms with Crippen LogP contribution in [-0.4, -0.2) is 98.4 Å². The lowest BCUT2D eigenvalue weighted by atomic mass is 9.88. The van der Waals surface area contributed by atoms with Crippen LogP contribution in [0.4, 0.5) is 0 Å². The van der Waals surface area contributed by atoms with Crippen LogP contribution in [0.25, 0.3) is 11.2 Å². The SMILES string of the molecule is CNS(=O)(=O)c1cccc(OC[C@@H](O)CNC2COC3(CCN(S(=O)(=O)c4cnc5c(c4)ncn5C)CC3)C2)c1. The van der Waals surface area contributed by atoms with E-state index in [1.54, 1.807) is 36.1 Å². The number of benzene rings is 1. The first-order chi connectivity index (χ1) is 19.0. The Morgan fingerprint density at radius 1 is 1.18 bits per heavy atom. The summed E-state index contributed by atoms with van der Waals surface area (Å²) in [5.41, 5.74) is 0.751. The molecule has 2 aliphatic rings. The van der Waals surface area contributed by atoms with Crippen LogP contribution in [0.3, 0.4) is 0 Å². The van der Waals surface area contributed by atoms with Crippen molar-refractivity contribution in [3.05, 3.63) is 42.9 Å². The van der Waals surface area contributed by atoms with Gasteiger partial charge in [0.05, 0.1) is 23.4 Å². The smallest absolute Gasteiger partial charge is 0.244 e. The number of nitrogens with zero attached hydrogens (tertiary/aromatic N) is 4. The molecule has 0 amide bonds. The lowest BCUT2D eigenvalue weighted by Crippen LogP contribution is -2.47. The zero-order chi connectivity index (χ0) is 28.5. The number of pyridine rings is 1. The molecule has 3 N–H and O–H groups in total. The maximum atomic E-state index is 13.3. The van der Waals surface area contributed by atoms with E-state index < -0.39 is 31.8 Å². The third kappa shape index (κ3) is 6.00. The minimum Gasteiger partial charge on any atom is -0.491 e. The average molecular weight is 595 g/mol. The van der Waals surface area contributed by atoms with Crippen LogP contribution < -0.4 is 14.8 Å². The molecular formula is C25H34N6O7S2. The molecule has 0 aliphatic carbocycles. The second-order valence-electron chi connectivity index (χ2n) is 10.2. The predicted molar refractivity (Wildman–Crippen MR) is 146 cm³/mol. The van der Waals surface area contributed by atoms with Gasteiger partial charge in [0, 0.05) is 45.0 Å². The third-order valence-electron chi connectivity index (χ3n) is 7.48. The van der Waals surface area contributed by atoms with Crippen molar-refractivity contribution in [3.8, 4) is 5.75 Å². The summed E-state index contributed by atoms with van der Waals surface area (Å²) in [6, 6.07) is 7.64. The minimum absolute atomic E-state index is 0.0117. The highest BCUT2D eigenvalue weighted by atomic mass is 32.2. The zero-order valence-electron chi connectivity index (χ0n) is 22.4. The van der Waals surface area contributed by atoms with Crippen molar-refractivity contribution in [2.45, 2.75) is 46.8 Å². The van der Waals surface area contributed by atoms with Crippen LogP contribution in [-0.2, 0) is 31.8 Å². The molecule has 218 valence electrons. The Balaban J connectivity index is 1.09. The predicted octanol–water partition coefficient (Wildman–Crippen LogP) is 0.218. The van der Waals surface area contributed by atoms with Gasteiger partial charge in [-0.05, 0) is 44.5 Å². The van der Waals surface area contributed by atoms with Gasteiger partial charge in [-0.15, -0.1) is 0 Å². The standard InChI is InChI=1S/C25H34N6O7S2/c1-26-39(33,34)21-5-3-4-20(10-21)37-16-19(32)13-27-18-12-25(38-15-18)6-8-31(9-7-25)40(35,36)22-11-23-24(28-14-22)30(2)17-29-23/h3-5,10-11,14,17-19,26-27,32H,6-9,12-13,15-16H2,1-2H3/t18?,19-/m0/s1. The summed E-state index contributed by atoms with van der Waals surface area (Å²) in [6.07, 6.45) is 4.01. The van der Waals surface area contributed by atoms with Crippen LogP contribution in [0.15, 0.2) is 52.6 Å². The maximum Gasteiger partial charge on any atom is 0.244 e. The first-order valence-corrected chi connectivity index (χ1v) is 15.9. The number of aromatic nitrogens is 3. The number of fused-ring (bicyclic) bond motifs is 1. The number of hydrogen-bond donors (Lipinski definition) is 3. The van der Waals surface area contributed by atoms with Gasteiger partial charge in [0.15, 0.2) is 5.65 Å². The van der Waals surface area contributed by atoms with Gasteiger partial charge in [-0.1, -0.05) is 6.07 Å². The van der Waals surface area contributed by atoms with E-state index in [-0.39, 0.29) is 29.0 Å². The first-order valence-electron chi connectivity index (χ1n) is 13.0. The zero-order valence-corrected chi connectivity index (χ0v) is 24.0. The molecule has 1 unspecified atom stereocenters. The minimum atomic E-state index is -3.70. The molecule has 1 spiro atoms. The Morgan fingerprint density at radius 2 is 1.95 bits per heavy atom. The normalized spacial score (nSPS) is 20.7. The number of aliphatic hydroxyl groups is 1. The molecule has 15 heteroatoms. The lowest BCUT2D eigenvalue weighted by Gasteiger charge is -2.38. The summed E-state index contributed by atoms with van der Waals surface area (Å²) >= 11 is 0. The van der Waals surface area contributed by atoms with E-state index in [1.807, 2.05) is 0 Å². The van der Waals surface area contributed by atoms with Crippen molar-refractivity contribution in [2.75, 3.05) is 39.9 Å². The van der Waals surface area contributed by atoms with E-state index in [0.29, 0.717) is 55.9 Å². The van der Waals surface area contributed by atoms with E-state index in [1.165, 1.54) is 29.7 Å². The first kappa shape index (κ1) is 28.9. The number of imidazole rings is 1. The van der Waals surface area contributed by atoms with E-state index in [2.05, 4.69) is 20.0 Å². The number of aryl methyl sites for hydroxylation is 1. The summed E-state index contributed by atoms with van der Waals surface area (Å²) < 4.78 is 67.7. The molecule has 0 bridgehead atoms. The van der Waals surface area contributed by atoms with Gasteiger partial charge in [-0.3, -0.25) is 0 Å². The Kier molecular flexibility index (Phi) is 8.16. The second-order valence-corrected chi connectivity index (χ2v) is 14.0. The van der Waals surface area contributed by atoms with Crippen LogP contribution >= 0.6 is 0 Å². The Labute approximate surface area is 233 Å². The molecule has 13 nitrogen and oxygen atoms in total. The van der Waals surface area contributed by atoms with E-state index in [0.717, 1.165) is 0 Å². The fourth-order valence-electron chi connectivity index (χ4n) is 5.15. The molecule has 0 radical (unpaired) electrons. The number of hydrogen-bond acceptors (Lipinski definition) is 10. The number of nitrogens with one attached hydrogen (secondary N) is 2. The number of piperidine rings is 1. The third-order valence-corrected chi connectivity index (χ3v) is 10.8. The fraction of sp³-hybridized carbons (Fsp3) is 0.520. The highest BCUT2D eigenvalue weighted by molar-refractivity contribution is 7.89. The summed E-state index contributed by atoms with van der Waals surface area (Å²) in [7, 11) is -4.15. The van der Waals surface area contributed by atoms with Crippen molar-refractivity contribution >= 4 is 31.2 Å². The molecule has 2 fully saturated rings. The summed E-state index contributed by atoms with van der Waals surface area (Å²) in [6.45, 7) is 1.40. The van der Waals surface area contributed by atoms with Gasteiger partial charge in [-0.25, -0.2) is 31.5 Å². The Bertz CT molecular complexity index is 1570. The molecule has 2 atom stereocenters. The summed E-state index contributed by atoms with van der Waals surface area (Å²) in [5.74, 6) is 0.343. The molecule has 2 aliphatic heterocycles. The summed E-state index contributed by atoms with van der Waals surface area (Å²) in [4.78, 5) is 8.70. The van der Waals surface area contributed by atoms with E-state index >= 15 is 0 Å². The largest absolute Gasteiger partial charge is 0.491 e. The van der Waals surface area contributed by atoms with Gasteiger partial charge < -0.3 is 24.5 Å². The molecule has 4 heterocycles. The molecule has 3 aromatic rings. The highest BCUT2D eigenvalue weighted by Gasteiger charge is 2.44. The number of ether oxygens (including phenoxy) is 2. The lowest BCUT2D eigenvalue weighted by molar-refractivity contribution is -0.0312. The second kappa shape index (κ2) is 11.3. The quantitative estimate of drug-likeness (QED) is 0.296. The Hall–Kier alpha value is -2.66. The van der Waals surface area contributed by atoms with Crippen molar-refractivity contribution < 1.29 is 31.4 Å². The van der Waals surface area contributed by atoms with Crippen LogP contribution in [0.5, 0.6) is 5.75 Å². The van der Waals surface area contributed by atoms with Gasteiger partial charge in [-0.2, -0.15) is 4.31 Å². The highest BCUT2D eigenvalue weighted by Crippen LogP contribution is 2.37. The van der Waals surface area contributed by atoms with Crippen LogP contribution in [0, 0.1) is 0 Å². The molecule has 2 saturated heterocycles. The van der Waals surface area contributed by atoms with Crippen LogP contribution in [0.1, 0.15) is 19.3 Å². The summed E-state index contributed by atoms with van der Waals surface area (Å²) in [5, 5.41) is 13.7. The average Bonchev–Trinajstić information content (AvgIpc) is 3.53. The van der Waals surface area contributed by atoms with E-state index in [9.17, 15) is 21.9 Å². The van der Waals surface area contributed by atoms with Crippen molar-refractivity contribution in [3.63, 3.8) is 0 Å². The van der Waals surface area contributed by atoms with Gasteiger partial charge in [0.2, 0.25) is 20.0 Å². The number of sulfonamides is 2. The number of aliphatic hydroxyl groups excluding tert-OH is 1. The van der Waals surface area contributed by atoms with Crippen molar-refractivity contribution in [1.82, 2.24) is 28.9 Å². The van der Waals surface area contributed by atoms with E-state index in [4.69, 9.17) is 9.47 Å². The topological polar surface area (TPSA) is 165 Å². The molecule has 2 aromatic heterocycles. The monoisotopic (exact) mass is 594 g/mol. The molecular weight excluding hydrogens is 560 g/mol. The molecule has 5 rings (SSSR count). The molecule has 0 saturated carbocycles.